The number of nitro groups is 1. The van der Waals surface area contributed by atoms with Gasteiger partial charge in [0.2, 0.25) is 11.8 Å². The molecule has 2 aromatic carbocycles. The minimum atomic E-state index is -0.560. The second kappa shape index (κ2) is 10.4. The Hall–Kier alpha value is -2.94. The Balaban J connectivity index is 1.60. The first-order valence-electron chi connectivity index (χ1n) is 10.2. The van der Waals surface area contributed by atoms with Crippen molar-refractivity contribution in [3.05, 3.63) is 58.4 Å². The van der Waals surface area contributed by atoms with Gasteiger partial charge in [0, 0.05) is 28.6 Å². The predicted octanol–water partition coefficient (Wildman–Crippen LogP) is 5.37. The Morgan fingerprint density at radius 1 is 1.10 bits per heavy atom. The molecule has 2 amide bonds. The molecule has 1 unspecified atom stereocenters. The third kappa shape index (κ3) is 6.27. The monoisotopic (exact) mass is 445 g/mol. The molecular weight excluding hydrogens is 421 g/mol. The number of anilines is 2. The molecule has 0 aromatic heterocycles. The van der Waals surface area contributed by atoms with Crippen molar-refractivity contribution in [2.45, 2.75) is 49.2 Å². The lowest BCUT2D eigenvalue weighted by atomic mass is 9.88. The van der Waals surface area contributed by atoms with Gasteiger partial charge in [-0.25, -0.2) is 4.39 Å². The molecule has 7 nitrogen and oxygen atoms in total. The van der Waals surface area contributed by atoms with Crippen molar-refractivity contribution < 1.29 is 18.9 Å². The summed E-state index contributed by atoms with van der Waals surface area (Å²) in [5, 5.41) is 15.6. The first kappa shape index (κ1) is 22.7. The Morgan fingerprint density at radius 2 is 1.77 bits per heavy atom. The lowest BCUT2D eigenvalue weighted by Gasteiger charge is -2.21. The number of hydrogen-bond donors (Lipinski definition) is 2. The number of nitrogens with one attached hydrogen (secondary N) is 2. The number of carbonyl (C=O) groups excluding carboxylic acids is 2. The van der Waals surface area contributed by atoms with E-state index in [4.69, 9.17) is 0 Å². The van der Waals surface area contributed by atoms with E-state index in [0.29, 0.717) is 10.6 Å². The first-order chi connectivity index (χ1) is 14.8. The van der Waals surface area contributed by atoms with Crippen molar-refractivity contribution in [3.8, 4) is 0 Å². The molecule has 0 aliphatic heterocycles. The summed E-state index contributed by atoms with van der Waals surface area (Å²) < 4.78 is 14.2. The lowest BCUT2D eigenvalue weighted by Crippen LogP contribution is -2.25. The van der Waals surface area contributed by atoms with Crippen LogP contribution in [0.4, 0.5) is 21.5 Å². The zero-order chi connectivity index (χ0) is 22.4. The first-order valence-corrected chi connectivity index (χ1v) is 11.0. The number of benzene rings is 2. The maximum Gasteiger partial charge on any atom is 0.269 e. The van der Waals surface area contributed by atoms with E-state index in [0.717, 1.165) is 32.1 Å². The summed E-state index contributed by atoms with van der Waals surface area (Å²) in [6.07, 6.45) is 4.74. The smallest absolute Gasteiger partial charge is 0.269 e. The third-order valence-electron chi connectivity index (χ3n) is 5.20. The predicted molar refractivity (Wildman–Crippen MR) is 119 cm³/mol. The highest BCUT2D eigenvalue weighted by Gasteiger charge is 2.22. The summed E-state index contributed by atoms with van der Waals surface area (Å²) >= 11 is 1.25. The van der Waals surface area contributed by atoms with Crippen LogP contribution in [0.15, 0.2) is 47.4 Å². The van der Waals surface area contributed by atoms with Crippen LogP contribution in [0.2, 0.25) is 0 Å². The lowest BCUT2D eigenvalue weighted by molar-refractivity contribution is -0.384. The molecule has 31 heavy (non-hydrogen) atoms. The van der Waals surface area contributed by atoms with Gasteiger partial charge in [-0.3, -0.25) is 19.7 Å². The Kier molecular flexibility index (Phi) is 7.62. The summed E-state index contributed by atoms with van der Waals surface area (Å²) in [6.45, 7) is 1.71. The molecule has 1 atom stereocenters. The number of carbonyl (C=O) groups is 2. The Labute approximate surface area is 183 Å². The van der Waals surface area contributed by atoms with Crippen molar-refractivity contribution in [1.29, 1.82) is 0 Å². The van der Waals surface area contributed by atoms with Crippen molar-refractivity contribution in [2.24, 2.45) is 5.92 Å². The molecule has 0 heterocycles. The van der Waals surface area contributed by atoms with E-state index in [1.54, 1.807) is 19.1 Å². The number of non-ortho nitro benzene ring substituents is 1. The zero-order valence-corrected chi connectivity index (χ0v) is 17.9. The van der Waals surface area contributed by atoms with Gasteiger partial charge in [0.25, 0.3) is 5.69 Å². The van der Waals surface area contributed by atoms with Crippen LogP contribution in [0.25, 0.3) is 0 Å². The summed E-state index contributed by atoms with van der Waals surface area (Å²) in [5.41, 5.74) is 0.404. The fourth-order valence-corrected chi connectivity index (χ4v) is 4.31. The van der Waals surface area contributed by atoms with Crippen LogP contribution < -0.4 is 10.6 Å². The highest BCUT2D eigenvalue weighted by atomic mass is 32.2. The molecule has 0 saturated heterocycles. The summed E-state index contributed by atoms with van der Waals surface area (Å²) in [6, 6.07) is 10.00. The molecule has 9 heteroatoms. The van der Waals surface area contributed by atoms with E-state index in [2.05, 4.69) is 10.6 Å². The molecule has 2 aromatic rings. The fourth-order valence-electron chi connectivity index (χ4n) is 3.45. The third-order valence-corrected chi connectivity index (χ3v) is 6.31. The summed E-state index contributed by atoms with van der Waals surface area (Å²) in [4.78, 5) is 35.9. The summed E-state index contributed by atoms with van der Waals surface area (Å²) in [5.74, 6) is -1.16. The number of amides is 2. The Bertz CT molecular complexity index is 962. The van der Waals surface area contributed by atoms with Crippen LogP contribution in [0.5, 0.6) is 0 Å². The van der Waals surface area contributed by atoms with Crippen LogP contribution in [0.3, 0.4) is 0 Å². The minimum Gasteiger partial charge on any atom is -0.325 e. The number of thioether (sulfide) groups is 1. The van der Waals surface area contributed by atoms with E-state index in [1.807, 2.05) is 0 Å². The van der Waals surface area contributed by atoms with E-state index in [-0.39, 0.29) is 29.1 Å². The van der Waals surface area contributed by atoms with Crippen molar-refractivity contribution in [1.82, 2.24) is 0 Å². The highest BCUT2D eigenvalue weighted by molar-refractivity contribution is 8.00. The molecule has 2 N–H and O–H groups in total. The van der Waals surface area contributed by atoms with Gasteiger partial charge in [0.05, 0.1) is 15.9 Å². The average Bonchev–Trinajstić information content (AvgIpc) is 2.77. The fraction of sp³-hybridized carbons (Fsp3) is 0.364. The van der Waals surface area contributed by atoms with Crippen LogP contribution in [0.1, 0.15) is 39.0 Å². The minimum absolute atomic E-state index is 0.0180. The molecule has 0 spiro atoms. The Morgan fingerprint density at radius 3 is 2.42 bits per heavy atom. The quantitative estimate of drug-likeness (QED) is 0.339. The highest BCUT2D eigenvalue weighted by Crippen LogP contribution is 2.28. The number of nitrogens with zero attached hydrogens (tertiary/aromatic N) is 1. The molecule has 3 rings (SSSR count). The van der Waals surface area contributed by atoms with E-state index >= 15 is 0 Å². The second-order valence-electron chi connectivity index (χ2n) is 7.52. The van der Waals surface area contributed by atoms with Gasteiger partial charge in [-0.2, -0.15) is 0 Å². The van der Waals surface area contributed by atoms with Gasteiger partial charge in [0.15, 0.2) is 0 Å². The molecule has 1 aliphatic rings. The van der Waals surface area contributed by atoms with E-state index in [9.17, 15) is 24.1 Å². The number of nitro benzene ring substituents is 1. The largest absolute Gasteiger partial charge is 0.325 e. The van der Waals surface area contributed by atoms with E-state index < -0.39 is 16.0 Å². The molecule has 0 bridgehead atoms. The SMILES string of the molecule is CC(Sc1ccc([N+](=O)[O-])cc1)C(=O)Nc1ccc(F)c(NC(=O)C2CCCCC2)c1. The standard InChI is InChI=1S/C22H24FN3O4S/c1-14(31-18-10-8-17(9-11-18)26(29)30)21(27)24-16-7-12-19(23)20(13-16)25-22(28)15-5-3-2-4-6-15/h7-15H,2-6H2,1H3,(H,24,27)(H,25,28). The maximum absolute atomic E-state index is 14.2. The van der Waals surface area contributed by atoms with Crippen LogP contribution >= 0.6 is 11.8 Å². The number of rotatable bonds is 7. The molecule has 164 valence electrons. The normalized spacial score (nSPS) is 15.2. The van der Waals surface area contributed by atoms with Gasteiger partial charge in [0.1, 0.15) is 5.82 Å². The molecule has 0 radical (unpaired) electrons. The number of halogens is 1. The van der Waals surface area contributed by atoms with Crippen molar-refractivity contribution in [3.63, 3.8) is 0 Å². The van der Waals surface area contributed by atoms with Crippen molar-refractivity contribution >= 4 is 40.6 Å². The summed E-state index contributed by atoms with van der Waals surface area (Å²) in [7, 11) is 0. The van der Waals surface area contributed by atoms with Crippen LogP contribution in [-0.2, 0) is 9.59 Å². The average molecular weight is 446 g/mol. The van der Waals surface area contributed by atoms with Gasteiger partial charge in [-0.1, -0.05) is 19.3 Å². The second-order valence-corrected chi connectivity index (χ2v) is 8.93. The molecule has 1 saturated carbocycles. The molecule has 1 fully saturated rings. The van der Waals surface area contributed by atoms with Gasteiger partial charge < -0.3 is 10.6 Å². The van der Waals surface area contributed by atoms with Crippen LogP contribution in [-0.4, -0.2) is 22.0 Å². The zero-order valence-electron chi connectivity index (χ0n) is 17.1. The van der Waals surface area contributed by atoms with Crippen molar-refractivity contribution in [2.75, 3.05) is 10.6 Å². The van der Waals surface area contributed by atoms with Gasteiger partial charge in [-0.15, -0.1) is 11.8 Å². The van der Waals surface area contributed by atoms with Gasteiger partial charge in [-0.05, 0) is 50.1 Å². The van der Waals surface area contributed by atoms with Crippen LogP contribution in [0, 0.1) is 21.8 Å². The number of hydrogen-bond acceptors (Lipinski definition) is 5. The molecule has 1 aliphatic carbocycles. The van der Waals surface area contributed by atoms with Gasteiger partial charge >= 0.3 is 0 Å². The topological polar surface area (TPSA) is 101 Å². The maximum atomic E-state index is 14.2. The molecular formula is C22H24FN3O4S. The van der Waals surface area contributed by atoms with E-state index in [1.165, 1.54) is 42.1 Å².